The zero-order valence-corrected chi connectivity index (χ0v) is 15.0. The number of hydrogen-bond donors (Lipinski definition) is 1. The molecule has 2 aliphatic rings. The molecule has 4 rings (SSSR count). The fraction of sp³-hybridized carbons (Fsp3) is 0.278. The third kappa shape index (κ3) is 3.50. The number of nitrogens with one attached hydrogen (secondary N) is 1. The van der Waals surface area contributed by atoms with Gasteiger partial charge in [-0.3, -0.25) is 0 Å². The summed E-state index contributed by atoms with van der Waals surface area (Å²) in [5, 5.41) is 3.65. The molecule has 0 saturated carbocycles. The Kier molecular flexibility index (Phi) is 4.63. The molecular weight excluding hydrogens is 360 g/mol. The minimum absolute atomic E-state index is 0.00511. The lowest BCUT2D eigenvalue weighted by atomic mass is 10.2. The van der Waals surface area contributed by atoms with Crippen molar-refractivity contribution in [2.24, 2.45) is 0 Å². The molecule has 2 aliphatic heterocycles. The van der Waals surface area contributed by atoms with E-state index in [1.807, 2.05) is 41.3 Å². The van der Waals surface area contributed by atoms with Gasteiger partial charge in [0.25, 0.3) is 0 Å². The molecule has 1 fully saturated rings. The number of anilines is 1. The fourth-order valence-electron chi connectivity index (χ4n) is 2.90. The molecule has 25 heavy (non-hydrogen) atoms. The van der Waals surface area contributed by atoms with E-state index in [9.17, 15) is 4.79 Å². The maximum absolute atomic E-state index is 12.7. The molecule has 0 bridgehead atoms. The number of carbonyl (C=O) groups excluding carboxylic acids is 1. The number of nitrogens with zero attached hydrogens (tertiary/aromatic N) is 1. The second kappa shape index (κ2) is 7.06. The third-order valence-electron chi connectivity index (χ3n) is 4.10. The van der Waals surface area contributed by atoms with Crippen LogP contribution in [0.5, 0.6) is 11.5 Å². The highest BCUT2D eigenvalue weighted by atomic mass is 35.5. The molecule has 2 amide bonds. The lowest BCUT2D eigenvalue weighted by Crippen LogP contribution is -2.34. The van der Waals surface area contributed by atoms with Crippen LogP contribution >= 0.6 is 23.4 Å². The highest BCUT2D eigenvalue weighted by molar-refractivity contribution is 7.99. The summed E-state index contributed by atoms with van der Waals surface area (Å²) < 4.78 is 11.1. The van der Waals surface area contributed by atoms with Crippen molar-refractivity contribution < 1.29 is 14.3 Å². The number of thioether (sulfide) groups is 1. The average Bonchev–Trinajstić information content (AvgIpc) is 3.12. The van der Waals surface area contributed by atoms with Crippen LogP contribution in [0.3, 0.4) is 0 Å². The third-order valence-corrected chi connectivity index (χ3v) is 5.61. The van der Waals surface area contributed by atoms with Crippen molar-refractivity contribution in [2.75, 3.05) is 30.8 Å². The van der Waals surface area contributed by atoms with Gasteiger partial charge in [0, 0.05) is 29.1 Å². The molecule has 130 valence electrons. The predicted octanol–water partition coefficient (Wildman–Crippen LogP) is 4.39. The normalized spacial score (nSPS) is 18.9. The van der Waals surface area contributed by atoms with Gasteiger partial charge in [-0.25, -0.2) is 4.79 Å². The number of halogens is 1. The molecule has 2 aromatic carbocycles. The molecule has 5 nitrogen and oxygen atoms in total. The van der Waals surface area contributed by atoms with E-state index in [4.69, 9.17) is 21.1 Å². The molecule has 0 aliphatic carbocycles. The van der Waals surface area contributed by atoms with Crippen LogP contribution in [0.2, 0.25) is 5.02 Å². The summed E-state index contributed by atoms with van der Waals surface area (Å²) in [6.07, 6.45) is 0. The summed E-state index contributed by atoms with van der Waals surface area (Å²) in [7, 11) is 0. The minimum Gasteiger partial charge on any atom is -0.486 e. The standard InChI is InChI=1S/C18H17ClN2O3S/c19-13-3-1-12(2-4-13)17-21(7-10-25-17)18(22)20-14-5-6-15-16(11-14)24-9-8-23-15/h1-6,11,17H,7-10H2,(H,20,22). The second-order valence-corrected chi connectivity index (χ2v) is 7.38. The van der Waals surface area contributed by atoms with Crippen LogP contribution in [0.1, 0.15) is 10.9 Å². The summed E-state index contributed by atoms with van der Waals surface area (Å²) in [4.78, 5) is 14.6. The molecule has 2 aromatic rings. The molecule has 7 heteroatoms. The van der Waals surface area contributed by atoms with Gasteiger partial charge in [-0.05, 0) is 29.8 Å². The van der Waals surface area contributed by atoms with Crippen molar-refractivity contribution in [1.82, 2.24) is 4.90 Å². The molecule has 1 N–H and O–H groups in total. The first-order chi connectivity index (χ1) is 12.2. The van der Waals surface area contributed by atoms with Crippen LogP contribution in [-0.4, -0.2) is 36.4 Å². The predicted molar refractivity (Wildman–Crippen MR) is 99.8 cm³/mol. The van der Waals surface area contributed by atoms with Crippen LogP contribution in [0.4, 0.5) is 10.5 Å². The summed E-state index contributed by atoms with van der Waals surface area (Å²) in [6, 6.07) is 13.0. The first-order valence-electron chi connectivity index (χ1n) is 8.05. The maximum atomic E-state index is 12.7. The van der Waals surface area contributed by atoms with Crippen LogP contribution in [0, 0.1) is 0 Å². The van der Waals surface area contributed by atoms with E-state index in [0.717, 1.165) is 11.3 Å². The van der Waals surface area contributed by atoms with E-state index >= 15 is 0 Å². The van der Waals surface area contributed by atoms with Gasteiger partial charge in [0.1, 0.15) is 18.6 Å². The van der Waals surface area contributed by atoms with Gasteiger partial charge in [-0.1, -0.05) is 23.7 Å². The molecule has 2 heterocycles. The lowest BCUT2D eigenvalue weighted by Gasteiger charge is -2.25. The topological polar surface area (TPSA) is 50.8 Å². The number of rotatable bonds is 2. The van der Waals surface area contributed by atoms with Gasteiger partial charge in [-0.15, -0.1) is 11.8 Å². The van der Waals surface area contributed by atoms with Crippen LogP contribution in [0.25, 0.3) is 0 Å². The van der Waals surface area contributed by atoms with Crippen molar-refractivity contribution in [1.29, 1.82) is 0 Å². The van der Waals surface area contributed by atoms with E-state index in [1.165, 1.54) is 0 Å². The molecule has 0 aromatic heterocycles. The highest BCUT2D eigenvalue weighted by Crippen LogP contribution is 2.39. The molecular formula is C18H17ClN2O3S. The lowest BCUT2D eigenvalue weighted by molar-refractivity contribution is 0.171. The Bertz CT molecular complexity index is 784. The molecule has 0 spiro atoms. The van der Waals surface area contributed by atoms with E-state index in [0.29, 0.717) is 42.0 Å². The van der Waals surface area contributed by atoms with E-state index < -0.39 is 0 Å². The zero-order chi connectivity index (χ0) is 17.2. The van der Waals surface area contributed by atoms with Gasteiger partial charge >= 0.3 is 6.03 Å². The summed E-state index contributed by atoms with van der Waals surface area (Å²) >= 11 is 7.71. The van der Waals surface area contributed by atoms with Gasteiger partial charge < -0.3 is 19.7 Å². The SMILES string of the molecule is O=C(Nc1ccc2c(c1)OCCO2)N1CCSC1c1ccc(Cl)cc1. The van der Waals surface area contributed by atoms with E-state index in [1.54, 1.807) is 17.8 Å². The van der Waals surface area contributed by atoms with Gasteiger partial charge in [0.05, 0.1) is 0 Å². The molecule has 0 radical (unpaired) electrons. The van der Waals surface area contributed by atoms with Crippen molar-refractivity contribution in [2.45, 2.75) is 5.37 Å². The molecule has 1 unspecified atom stereocenters. The van der Waals surface area contributed by atoms with Crippen LogP contribution in [0.15, 0.2) is 42.5 Å². The Morgan fingerprint density at radius 2 is 1.88 bits per heavy atom. The first-order valence-corrected chi connectivity index (χ1v) is 9.48. The Balaban J connectivity index is 1.49. The van der Waals surface area contributed by atoms with Crippen molar-refractivity contribution >= 4 is 35.1 Å². The van der Waals surface area contributed by atoms with Crippen molar-refractivity contribution in [3.05, 3.63) is 53.1 Å². The number of ether oxygens (including phenoxy) is 2. The smallest absolute Gasteiger partial charge is 0.323 e. The maximum Gasteiger partial charge on any atom is 0.323 e. The van der Waals surface area contributed by atoms with Gasteiger partial charge in [0.15, 0.2) is 11.5 Å². The Hall–Kier alpha value is -2.05. The van der Waals surface area contributed by atoms with Crippen molar-refractivity contribution in [3.63, 3.8) is 0 Å². The second-order valence-electron chi connectivity index (χ2n) is 5.76. The van der Waals surface area contributed by atoms with Crippen LogP contribution in [-0.2, 0) is 0 Å². The Labute approximate surface area is 155 Å². The number of amides is 2. The number of fused-ring (bicyclic) bond motifs is 1. The average molecular weight is 377 g/mol. The van der Waals surface area contributed by atoms with Gasteiger partial charge in [-0.2, -0.15) is 0 Å². The number of benzene rings is 2. The Morgan fingerprint density at radius 3 is 2.68 bits per heavy atom. The van der Waals surface area contributed by atoms with E-state index in [2.05, 4.69) is 5.32 Å². The van der Waals surface area contributed by atoms with Crippen molar-refractivity contribution in [3.8, 4) is 11.5 Å². The molecule has 1 saturated heterocycles. The van der Waals surface area contributed by atoms with E-state index in [-0.39, 0.29) is 11.4 Å². The molecule has 1 atom stereocenters. The quantitative estimate of drug-likeness (QED) is 0.844. The highest BCUT2D eigenvalue weighted by Gasteiger charge is 2.30. The van der Waals surface area contributed by atoms with Gasteiger partial charge in [0.2, 0.25) is 0 Å². The Morgan fingerprint density at radius 1 is 1.12 bits per heavy atom. The van der Waals surface area contributed by atoms with Crippen LogP contribution < -0.4 is 14.8 Å². The largest absolute Gasteiger partial charge is 0.486 e. The number of urea groups is 1. The number of hydrogen-bond acceptors (Lipinski definition) is 4. The first kappa shape index (κ1) is 16.4. The minimum atomic E-state index is -0.123. The monoisotopic (exact) mass is 376 g/mol. The zero-order valence-electron chi connectivity index (χ0n) is 13.4. The number of carbonyl (C=O) groups is 1. The summed E-state index contributed by atoms with van der Waals surface area (Å²) in [5.74, 6) is 2.27. The summed E-state index contributed by atoms with van der Waals surface area (Å²) in [5.41, 5.74) is 1.77. The summed E-state index contributed by atoms with van der Waals surface area (Å²) in [6.45, 7) is 1.77. The fourth-order valence-corrected chi connectivity index (χ4v) is 4.28.